The predicted octanol–water partition coefficient (Wildman–Crippen LogP) is 2.45. The molecule has 4 heteroatoms. The molecule has 0 unspecified atom stereocenters. The van der Waals surface area contributed by atoms with Gasteiger partial charge in [-0.15, -0.1) is 0 Å². The molecule has 0 atom stereocenters. The van der Waals surface area contributed by atoms with Gasteiger partial charge in [0, 0.05) is 5.56 Å². The molecule has 0 radical (unpaired) electrons. The normalized spacial score (nSPS) is 10.1. The average Bonchev–Trinajstić information content (AvgIpc) is 2.45. The average molecular weight is 269 g/mol. The Kier molecular flexibility index (Phi) is 4.15. The summed E-state index contributed by atoms with van der Waals surface area (Å²) < 4.78 is 5.21. The maximum Gasteiger partial charge on any atom is 0.338 e. The van der Waals surface area contributed by atoms with Crippen LogP contribution in [0.2, 0.25) is 0 Å². The van der Waals surface area contributed by atoms with Crippen LogP contribution in [0.3, 0.4) is 0 Å². The molecule has 0 saturated heterocycles. The van der Waals surface area contributed by atoms with Gasteiger partial charge in [-0.05, 0) is 36.8 Å². The molecule has 0 spiro atoms. The first-order valence-corrected chi connectivity index (χ1v) is 6.19. The van der Waals surface area contributed by atoms with Crippen molar-refractivity contribution in [3.8, 4) is 0 Å². The summed E-state index contributed by atoms with van der Waals surface area (Å²) in [6.07, 6.45) is 0. The third-order valence-corrected chi connectivity index (χ3v) is 2.86. The van der Waals surface area contributed by atoms with E-state index in [1.54, 1.807) is 0 Å². The summed E-state index contributed by atoms with van der Waals surface area (Å²) in [5.41, 5.74) is 7.94. The summed E-state index contributed by atoms with van der Waals surface area (Å²) in [6, 6.07) is 13.8. The van der Waals surface area contributed by atoms with E-state index in [1.165, 1.54) is 24.3 Å². The lowest BCUT2D eigenvalue weighted by Crippen LogP contribution is -2.11. The minimum absolute atomic E-state index is 0.220. The van der Waals surface area contributed by atoms with E-state index in [0.717, 1.165) is 11.1 Å². The first-order valence-electron chi connectivity index (χ1n) is 6.19. The van der Waals surface area contributed by atoms with Gasteiger partial charge in [0.2, 0.25) is 5.91 Å². The number of ether oxygens (including phenoxy) is 1. The van der Waals surface area contributed by atoms with Crippen molar-refractivity contribution in [3.63, 3.8) is 0 Å². The van der Waals surface area contributed by atoms with Crippen molar-refractivity contribution in [2.24, 2.45) is 5.73 Å². The van der Waals surface area contributed by atoms with Crippen LogP contribution in [0.5, 0.6) is 0 Å². The van der Waals surface area contributed by atoms with Gasteiger partial charge in [-0.2, -0.15) is 0 Å². The Morgan fingerprint density at radius 1 is 1.05 bits per heavy atom. The van der Waals surface area contributed by atoms with Crippen LogP contribution in [0.15, 0.2) is 48.5 Å². The van der Waals surface area contributed by atoms with Gasteiger partial charge in [0.1, 0.15) is 6.61 Å². The number of hydrogen-bond acceptors (Lipinski definition) is 3. The highest BCUT2D eigenvalue weighted by Crippen LogP contribution is 2.09. The highest BCUT2D eigenvalue weighted by atomic mass is 16.5. The minimum atomic E-state index is -0.523. The summed E-state index contributed by atoms with van der Waals surface area (Å²) in [5.74, 6) is -0.952. The Morgan fingerprint density at radius 2 is 1.70 bits per heavy atom. The second-order valence-corrected chi connectivity index (χ2v) is 4.51. The Hall–Kier alpha value is -2.62. The third-order valence-electron chi connectivity index (χ3n) is 2.86. The molecule has 0 aliphatic carbocycles. The van der Waals surface area contributed by atoms with E-state index in [1.807, 2.05) is 31.2 Å². The summed E-state index contributed by atoms with van der Waals surface area (Å²) in [5, 5.41) is 0. The largest absolute Gasteiger partial charge is 0.457 e. The molecule has 2 rings (SSSR count). The Balaban J connectivity index is 1.99. The van der Waals surface area contributed by atoms with E-state index in [2.05, 4.69) is 0 Å². The van der Waals surface area contributed by atoms with Crippen molar-refractivity contribution in [3.05, 3.63) is 70.8 Å². The third kappa shape index (κ3) is 3.45. The van der Waals surface area contributed by atoms with E-state index in [0.29, 0.717) is 11.1 Å². The van der Waals surface area contributed by atoms with Crippen molar-refractivity contribution in [1.29, 1.82) is 0 Å². The fourth-order valence-electron chi connectivity index (χ4n) is 1.80. The molecule has 0 aliphatic heterocycles. The SMILES string of the molecule is Cc1cccc(COC(=O)c2ccc(C(N)=O)cc2)c1. The number of hydrogen-bond donors (Lipinski definition) is 1. The molecule has 1 amide bonds. The number of rotatable bonds is 4. The van der Waals surface area contributed by atoms with Crippen LogP contribution < -0.4 is 5.73 Å². The molecule has 20 heavy (non-hydrogen) atoms. The Labute approximate surface area is 117 Å². The van der Waals surface area contributed by atoms with Crippen LogP contribution in [0.4, 0.5) is 0 Å². The summed E-state index contributed by atoms with van der Waals surface area (Å²) in [7, 11) is 0. The van der Waals surface area contributed by atoms with Gasteiger partial charge in [0.15, 0.2) is 0 Å². The number of primary amides is 1. The van der Waals surface area contributed by atoms with E-state index < -0.39 is 11.9 Å². The molecule has 102 valence electrons. The van der Waals surface area contributed by atoms with Crippen LogP contribution in [0, 0.1) is 6.92 Å². The van der Waals surface area contributed by atoms with Crippen LogP contribution >= 0.6 is 0 Å². The molecule has 0 aromatic heterocycles. The van der Waals surface area contributed by atoms with Crippen LogP contribution in [0.25, 0.3) is 0 Å². The standard InChI is InChI=1S/C16H15NO3/c1-11-3-2-4-12(9-11)10-20-16(19)14-7-5-13(6-8-14)15(17)18/h2-9H,10H2,1H3,(H2,17,18). The molecule has 2 aromatic rings. The van der Waals surface area contributed by atoms with E-state index in [4.69, 9.17) is 10.5 Å². The molecule has 0 aliphatic rings. The van der Waals surface area contributed by atoms with Crippen LogP contribution in [-0.4, -0.2) is 11.9 Å². The molecule has 2 aromatic carbocycles. The predicted molar refractivity (Wildman–Crippen MR) is 75.3 cm³/mol. The van der Waals surface area contributed by atoms with E-state index >= 15 is 0 Å². The highest BCUT2D eigenvalue weighted by Gasteiger charge is 2.08. The Bertz CT molecular complexity index is 632. The number of carbonyl (C=O) groups excluding carboxylic acids is 2. The lowest BCUT2D eigenvalue weighted by atomic mass is 10.1. The summed E-state index contributed by atoms with van der Waals surface area (Å²) >= 11 is 0. The topological polar surface area (TPSA) is 69.4 Å². The number of nitrogens with two attached hydrogens (primary N) is 1. The Morgan fingerprint density at radius 3 is 2.30 bits per heavy atom. The number of carbonyl (C=O) groups is 2. The zero-order valence-electron chi connectivity index (χ0n) is 11.1. The molecule has 0 bridgehead atoms. The van der Waals surface area contributed by atoms with E-state index in [-0.39, 0.29) is 6.61 Å². The smallest absolute Gasteiger partial charge is 0.338 e. The zero-order chi connectivity index (χ0) is 14.5. The van der Waals surface area contributed by atoms with Crippen LogP contribution in [-0.2, 0) is 11.3 Å². The summed E-state index contributed by atoms with van der Waals surface area (Å²) in [4.78, 5) is 22.8. The fraction of sp³-hybridized carbons (Fsp3) is 0.125. The second kappa shape index (κ2) is 6.02. The van der Waals surface area contributed by atoms with E-state index in [9.17, 15) is 9.59 Å². The lowest BCUT2D eigenvalue weighted by Gasteiger charge is -2.06. The second-order valence-electron chi connectivity index (χ2n) is 4.51. The number of benzene rings is 2. The first kappa shape index (κ1) is 13.8. The van der Waals surface area contributed by atoms with Crippen molar-refractivity contribution < 1.29 is 14.3 Å². The quantitative estimate of drug-likeness (QED) is 0.867. The molecule has 4 nitrogen and oxygen atoms in total. The lowest BCUT2D eigenvalue weighted by molar-refractivity contribution is 0.0472. The minimum Gasteiger partial charge on any atom is -0.457 e. The molecule has 0 fully saturated rings. The maximum atomic E-state index is 11.8. The monoisotopic (exact) mass is 269 g/mol. The van der Waals surface area contributed by atoms with Gasteiger partial charge >= 0.3 is 5.97 Å². The van der Waals surface area contributed by atoms with Crippen molar-refractivity contribution in [2.75, 3.05) is 0 Å². The van der Waals surface area contributed by atoms with Gasteiger partial charge in [-0.1, -0.05) is 29.8 Å². The van der Waals surface area contributed by atoms with Gasteiger partial charge in [0.25, 0.3) is 0 Å². The van der Waals surface area contributed by atoms with Gasteiger partial charge in [-0.3, -0.25) is 4.79 Å². The molecule has 0 saturated carbocycles. The molecular weight excluding hydrogens is 254 g/mol. The van der Waals surface area contributed by atoms with Gasteiger partial charge in [0.05, 0.1) is 5.56 Å². The highest BCUT2D eigenvalue weighted by molar-refractivity contribution is 5.95. The molecule has 0 heterocycles. The fourth-order valence-corrected chi connectivity index (χ4v) is 1.80. The van der Waals surface area contributed by atoms with Gasteiger partial charge in [-0.25, -0.2) is 4.79 Å². The molecule has 2 N–H and O–H groups in total. The maximum absolute atomic E-state index is 11.8. The zero-order valence-corrected chi connectivity index (χ0v) is 11.1. The van der Waals surface area contributed by atoms with Crippen molar-refractivity contribution in [1.82, 2.24) is 0 Å². The number of amides is 1. The first-order chi connectivity index (χ1) is 9.56. The molecular formula is C16H15NO3. The number of aryl methyl sites for hydroxylation is 1. The van der Waals surface area contributed by atoms with Crippen molar-refractivity contribution in [2.45, 2.75) is 13.5 Å². The number of esters is 1. The van der Waals surface area contributed by atoms with Crippen molar-refractivity contribution >= 4 is 11.9 Å². The van der Waals surface area contributed by atoms with Crippen LogP contribution in [0.1, 0.15) is 31.8 Å². The van der Waals surface area contributed by atoms with Gasteiger partial charge < -0.3 is 10.5 Å². The summed E-state index contributed by atoms with van der Waals surface area (Å²) in [6.45, 7) is 2.20.